The molecule has 0 unspecified atom stereocenters. The molecule has 3 heterocycles. The zero-order valence-corrected chi connectivity index (χ0v) is 19.0. The molecule has 1 saturated heterocycles. The number of hydrogen-bond acceptors (Lipinski definition) is 9. The number of amides is 2. The second kappa shape index (κ2) is 9.65. The van der Waals surface area contributed by atoms with Gasteiger partial charge in [-0.15, -0.1) is 0 Å². The van der Waals surface area contributed by atoms with Crippen LogP contribution in [0.25, 0.3) is 5.57 Å². The summed E-state index contributed by atoms with van der Waals surface area (Å²) in [6.07, 6.45) is 4.64. The number of aliphatic hydroxyl groups is 1. The number of carbonyl (C=O) groups is 2. The maximum Gasteiger partial charge on any atom is 0.261 e. The van der Waals surface area contributed by atoms with E-state index in [-0.39, 0.29) is 30.5 Å². The number of carbonyl (C=O) groups excluding carboxylic acids is 2. The summed E-state index contributed by atoms with van der Waals surface area (Å²) in [4.78, 5) is 36.8. The van der Waals surface area contributed by atoms with Crippen LogP contribution in [0.4, 0.5) is 11.4 Å². The largest absolute Gasteiger partial charge is 0.490 e. The molecule has 2 aliphatic heterocycles. The zero-order valence-electron chi connectivity index (χ0n) is 19.0. The van der Waals surface area contributed by atoms with E-state index in [1.54, 1.807) is 13.0 Å². The molecule has 2 aromatic rings. The highest BCUT2D eigenvalue weighted by Gasteiger charge is 2.31. The minimum absolute atomic E-state index is 0.138. The van der Waals surface area contributed by atoms with Gasteiger partial charge in [-0.2, -0.15) is 0 Å². The van der Waals surface area contributed by atoms with Crippen LogP contribution in [0.15, 0.2) is 36.8 Å². The van der Waals surface area contributed by atoms with Crippen molar-refractivity contribution in [2.24, 2.45) is 11.5 Å². The molecule has 0 bridgehead atoms. The Kier molecular flexibility index (Phi) is 6.66. The molecule has 34 heavy (non-hydrogen) atoms. The van der Waals surface area contributed by atoms with E-state index in [0.717, 1.165) is 11.3 Å². The fraction of sp³-hybridized carbons (Fsp3) is 0.391. The summed E-state index contributed by atoms with van der Waals surface area (Å²) >= 11 is 0. The van der Waals surface area contributed by atoms with E-state index < -0.39 is 11.5 Å². The molecule has 1 aromatic carbocycles. The van der Waals surface area contributed by atoms with Crippen LogP contribution in [-0.2, 0) is 16.0 Å². The van der Waals surface area contributed by atoms with Crippen molar-refractivity contribution in [2.45, 2.75) is 18.9 Å². The van der Waals surface area contributed by atoms with Crippen molar-refractivity contribution in [1.29, 1.82) is 0 Å². The van der Waals surface area contributed by atoms with Crippen molar-refractivity contribution in [1.82, 2.24) is 14.9 Å². The Balaban J connectivity index is 1.63. The summed E-state index contributed by atoms with van der Waals surface area (Å²) in [6.45, 7) is 4.66. The molecule has 1 aromatic heterocycles. The number of anilines is 2. The van der Waals surface area contributed by atoms with E-state index in [9.17, 15) is 14.7 Å². The van der Waals surface area contributed by atoms with Crippen LogP contribution in [0.1, 0.15) is 18.3 Å². The Morgan fingerprint density at radius 2 is 1.94 bits per heavy atom. The molecule has 1 fully saturated rings. The van der Waals surface area contributed by atoms with Gasteiger partial charge < -0.3 is 31.5 Å². The van der Waals surface area contributed by atoms with Crippen molar-refractivity contribution < 1.29 is 19.4 Å². The van der Waals surface area contributed by atoms with Gasteiger partial charge in [-0.05, 0) is 24.6 Å². The van der Waals surface area contributed by atoms with E-state index in [4.69, 9.17) is 16.2 Å². The van der Waals surface area contributed by atoms with Crippen LogP contribution in [0.3, 0.4) is 0 Å². The maximum absolute atomic E-state index is 13.1. The van der Waals surface area contributed by atoms with Gasteiger partial charge in [-0.25, -0.2) is 9.97 Å². The molecule has 1 atom stereocenters. The topological polar surface area (TPSA) is 160 Å². The van der Waals surface area contributed by atoms with E-state index in [1.807, 2.05) is 17.0 Å². The molecule has 2 aliphatic rings. The number of nitrogens with one attached hydrogen (secondary N) is 1. The lowest BCUT2D eigenvalue weighted by molar-refractivity contribution is -0.119. The minimum atomic E-state index is -1.00. The number of ether oxygens (including phenoxy) is 1. The van der Waals surface area contributed by atoms with Gasteiger partial charge in [0.05, 0.1) is 29.1 Å². The molecule has 2 amide bonds. The summed E-state index contributed by atoms with van der Waals surface area (Å²) in [5.41, 5.74) is 12.3. The minimum Gasteiger partial charge on any atom is -0.490 e. The molecule has 0 spiro atoms. The summed E-state index contributed by atoms with van der Waals surface area (Å²) in [7, 11) is 0. The predicted octanol–water partition coefficient (Wildman–Crippen LogP) is -0.292. The Labute approximate surface area is 197 Å². The highest BCUT2D eigenvalue weighted by molar-refractivity contribution is 6.24. The quantitative estimate of drug-likeness (QED) is 0.419. The molecule has 11 heteroatoms. The second-order valence-electron chi connectivity index (χ2n) is 8.78. The van der Waals surface area contributed by atoms with Crippen molar-refractivity contribution in [2.75, 3.05) is 49.5 Å². The Hall–Kier alpha value is -3.70. The number of aromatic nitrogens is 2. The first-order valence-electron chi connectivity index (χ1n) is 11.0. The van der Waals surface area contributed by atoms with E-state index in [1.165, 1.54) is 18.6 Å². The zero-order chi connectivity index (χ0) is 24.3. The third kappa shape index (κ3) is 5.26. The van der Waals surface area contributed by atoms with E-state index in [2.05, 4.69) is 20.2 Å². The third-order valence-corrected chi connectivity index (χ3v) is 5.85. The number of fused-ring (bicyclic) bond motifs is 1. The van der Waals surface area contributed by atoms with Crippen LogP contribution in [-0.4, -0.2) is 76.7 Å². The van der Waals surface area contributed by atoms with Crippen molar-refractivity contribution in [3.8, 4) is 5.75 Å². The molecule has 0 saturated carbocycles. The fourth-order valence-corrected chi connectivity index (χ4v) is 4.19. The first kappa shape index (κ1) is 23.5. The lowest BCUT2D eigenvalue weighted by Crippen LogP contribution is -2.49. The third-order valence-electron chi connectivity index (χ3n) is 5.85. The first-order chi connectivity index (χ1) is 16.3. The molecular weight excluding hydrogens is 438 g/mol. The highest BCUT2D eigenvalue weighted by atomic mass is 16.5. The lowest BCUT2D eigenvalue weighted by Gasteiger charge is -2.37. The van der Waals surface area contributed by atoms with Gasteiger partial charge in [0.2, 0.25) is 5.91 Å². The summed E-state index contributed by atoms with van der Waals surface area (Å²) < 4.78 is 5.83. The summed E-state index contributed by atoms with van der Waals surface area (Å²) in [5, 5.41) is 13.4. The van der Waals surface area contributed by atoms with Crippen molar-refractivity contribution in [3.63, 3.8) is 0 Å². The average molecular weight is 468 g/mol. The number of rotatable bonds is 6. The molecular formula is C23H29N7O4. The number of nitrogens with zero attached hydrogens (tertiary/aromatic N) is 4. The van der Waals surface area contributed by atoms with Crippen molar-refractivity contribution >= 4 is 28.8 Å². The van der Waals surface area contributed by atoms with Crippen LogP contribution in [0.5, 0.6) is 5.75 Å². The molecule has 0 radical (unpaired) electrons. The van der Waals surface area contributed by atoms with Gasteiger partial charge in [0.1, 0.15) is 12.4 Å². The van der Waals surface area contributed by atoms with E-state index >= 15 is 0 Å². The second-order valence-corrected chi connectivity index (χ2v) is 8.78. The fourth-order valence-electron chi connectivity index (χ4n) is 4.19. The van der Waals surface area contributed by atoms with E-state index in [0.29, 0.717) is 44.0 Å². The number of benzene rings is 1. The SMILES string of the molecule is C[C@]1(O)COc2cc(N3CCN(CC(N)=O)CC3)c(NC(=O)C(=CN)c3ncccn3)cc2C1. The predicted molar refractivity (Wildman–Crippen MR) is 127 cm³/mol. The van der Waals surface area contributed by atoms with Gasteiger partial charge in [0.25, 0.3) is 5.91 Å². The highest BCUT2D eigenvalue weighted by Crippen LogP contribution is 2.39. The monoisotopic (exact) mass is 467 g/mol. The summed E-state index contributed by atoms with van der Waals surface area (Å²) in [5.74, 6) is 0.0686. The van der Waals surface area contributed by atoms with Gasteiger partial charge in [0.15, 0.2) is 5.82 Å². The Morgan fingerprint density at radius 3 is 2.59 bits per heavy atom. The first-order valence-corrected chi connectivity index (χ1v) is 11.0. The van der Waals surface area contributed by atoms with Crippen molar-refractivity contribution in [3.05, 3.63) is 48.2 Å². The maximum atomic E-state index is 13.1. The van der Waals surface area contributed by atoms with Crippen LogP contribution in [0, 0.1) is 0 Å². The normalized spacial score (nSPS) is 20.9. The molecule has 4 rings (SSSR count). The molecule has 11 nitrogen and oxygen atoms in total. The van der Waals surface area contributed by atoms with Gasteiger partial charge in [0, 0.05) is 57.3 Å². The smallest absolute Gasteiger partial charge is 0.261 e. The Bertz CT molecular complexity index is 1100. The molecule has 6 N–H and O–H groups in total. The number of hydrogen-bond donors (Lipinski definition) is 4. The Morgan fingerprint density at radius 1 is 1.24 bits per heavy atom. The summed E-state index contributed by atoms with van der Waals surface area (Å²) in [6, 6.07) is 5.36. The van der Waals surface area contributed by atoms with Crippen LogP contribution in [0.2, 0.25) is 0 Å². The van der Waals surface area contributed by atoms with Gasteiger partial charge in [-0.1, -0.05) is 0 Å². The van der Waals surface area contributed by atoms with Gasteiger partial charge in [-0.3, -0.25) is 14.5 Å². The molecule has 0 aliphatic carbocycles. The average Bonchev–Trinajstić information content (AvgIpc) is 2.79. The number of piperazine rings is 1. The number of primary amides is 1. The molecule has 180 valence electrons. The number of nitrogens with two attached hydrogens (primary N) is 2. The standard InChI is InChI=1S/C23H29N7O4/c1-23(33)11-15-9-17(28-22(32)16(12-24)21-26-3-2-4-27-21)18(10-19(15)34-14-23)30-7-5-29(6-8-30)13-20(25)31/h2-4,9-10,12,33H,5-8,11,13-14,24H2,1H3,(H2,25,31)(H,28,32)/t23-/m1/s1. The van der Waals surface area contributed by atoms with Gasteiger partial charge >= 0.3 is 0 Å². The lowest BCUT2D eigenvalue weighted by atomic mass is 9.93. The van der Waals surface area contributed by atoms with Crippen LogP contribution >= 0.6 is 0 Å². The van der Waals surface area contributed by atoms with Crippen LogP contribution < -0.4 is 26.4 Å².